The fourth-order valence-corrected chi connectivity index (χ4v) is 2.06. The van der Waals surface area contributed by atoms with Crippen molar-refractivity contribution in [3.63, 3.8) is 0 Å². The van der Waals surface area contributed by atoms with E-state index in [4.69, 9.17) is 10.6 Å². The Morgan fingerprint density at radius 3 is 2.55 bits per heavy atom. The number of nitrogen functional groups attached to an aromatic ring is 1. The standard InChI is InChI=1S/C14H12BrFN2O2/c15-11-5-12(16)7-13(6-11)20-8-9-1-3-10(4-2-9)14(19)18-17/h1-7H,8,17H2,(H,18,19). The Morgan fingerprint density at radius 2 is 1.95 bits per heavy atom. The summed E-state index contributed by atoms with van der Waals surface area (Å²) in [6.07, 6.45) is 0. The molecule has 0 bridgehead atoms. The number of rotatable bonds is 4. The van der Waals surface area contributed by atoms with Crippen molar-refractivity contribution in [1.29, 1.82) is 0 Å². The maximum absolute atomic E-state index is 13.2. The van der Waals surface area contributed by atoms with Crippen LogP contribution in [0.5, 0.6) is 5.75 Å². The van der Waals surface area contributed by atoms with E-state index in [1.807, 2.05) is 0 Å². The lowest BCUT2D eigenvalue weighted by atomic mass is 10.1. The van der Waals surface area contributed by atoms with Gasteiger partial charge in [0.2, 0.25) is 0 Å². The first kappa shape index (κ1) is 14.5. The fourth-order valence-electron chi connectivity index (χ4n) is 1.61. The van der Waals surface area contributed by atoms with Crippen LogP contribution < -0.4 is 16.0 Å². The van der Waals surface area contributed by atoms with Gasteiger partial charge in [-0.05, 0) is 29.8 Å². The molecule has 0 saturated heterocycles. The topological polar surface area (TPSA) is 64.3 Å². The molecule has 20 heavy (non-hydrogen) atoms. The third-order valence-corrected chi connectivity index (χ3v) is 3.05. The summed E-state index contributed by atoms with van der Waals surface area (Å²) < 4.78 is 19.3. The molecule has 6 heteroatoms. The van der Waals surface area contributed by atoms with E-state index in [1.54, 1.807) is 30.3 Å². The van der Waals surface area contributed by atoms with Crippen LogP contribution in [-0.4, -0.2) is 5.91 Å². The monoisotopic (exact) mass is 338 g/mol. The maximum atomic E-state index is 13.2. The number of amides is 1. The van der Waals surface area contributed by atoms with Crippen LogP contribution in [0, 0.1) is 5.82 Å². The Kier molecular flexibility index (Phi) is 4.70. The minimum absolute atomic E-state index is 0.278. The highest BCUT2D eigenvalue weighted by Gasteiger charge is 2.04. The average Bonchev–Trinajstić information content (AvgIpc) is 2.44. The van der Waals surface area contributed by atoms with Crippen LogP contribution in [0.4, 0.5) is 4.39 Å². The lowest BCUT2D eigenvalue weighted by molar-refractivity contribution is 0.0953. The molecule has 0 spiro atoms. The zero-order chi connectivity index (χ0) is 14.5. The molecule has 1 amide bonds. The van der Waals surface area contributed by atoms with Gasteiger partial charge in [0, 0.05) is 16.1 Å². The lowest BCUT2D eigenvalue weighted by Gasteiger charge is -2.07. The summed E-state index contributed by atoms with van der Waals surface area (Å²) in [7, 11) is 0. The average molecular weight is 339 g/mol. The first-order chi connectivity index (χ1) is 9.58. The molecule has 104 valence electrons. The maximum Gasteiger partial charge on any atom is 0.265 e. The highest BCUT2D eigenvalue weighted by atomic mass is 79.9. The van der Waals surface area contributed by atoms with Crippen molar-refractivity contribution in [3.05, 3.63) is 63.9 Å². The minimum Gasteiger partial charge on any atom is -0.489 e. The first-order valence-electron chi connectivity index (χ1n) is 5.77. The van der Waals surface area contributed by atoms with Gasteiger partial charge in [0.1, 0.15) is 18.2 Å². The molecule has 0 aliphatic carbocycles. The predicted octanol–water partition coefficient (Wildman–Crippen LogP) is 2.77. The Morgan fingerprint density at radius 1 is 1.25 bits per heavy atom. The molecule has 0 aliphatic rings. The second-order valence-electron chi connectivity index (χ2n) is 4.06. The molecular weight excluding hydrogens is 327 g/mol. The zero-order valence-corrected chi connectivity index (χ0v) is 12.0. The Hall–Kier alpha value is -1.92. The molecule has 0 atom stereocenters. The van der Waals surface area contributed by atoms with E-state index in [1.165, 1.54) is 12.1 Å². The van der Waals surface area contributed by atoms with Crippen LogP contribution in [-0.2, 0) is 6.61 Å². The largest absolute Gasteiger partial charge is 0.489 e. The van der Waals surface area contributed by atoms with Crippen molar-refractivity contribution in [3.8, 4) is 5.75 Å². The summed E-state index contributed by atoms with van der Waals surface area (Å²) in [5, 5.41) is 0. The fraction of sp³-hybridized carbons (Fsp3) is 0.0714. The number of nitrogens with one attached hydrogen (secondary N) is 1. The molecule has 0 unspecified atom stereocenters. The van der Waals surface area contributed by atoms with Gasteiger partial charge in [-0.2, -0.15) is 0 Å². The van der Waals surface area contributed by atoms with Crippen LogP contribution >= 0.6 is 15.9 Å². The van der Waals surface area contributed by atoms with Gasteiger partial charge in [0.05, 0.1) is 0 Å². The number of carbonyl (C=O) groups is 1. The van der Waals surface area contributed by atoms with Crippen molar-refractivity contribution in [2.24, 2.45) is 5.84 Å². The summed E-state index contributed by atoms with van der Waals surface area (Å²) in [5.74, 6) is 4.75. The third-order valence-electron chi connectivity index (χ3n) is 2.59. The molecule has 2 rings (SSSR count). The van der Waals surface area contributed by atoms with E-state index >= 15 is 0 Å². The van der Waals surface area contributed by atoms with Crippen LogP contribution in [0.1, 0.15) is 15.9 Å². The number of hydrogen-bond donors (Lipinski definition) is 2. The number of nitrogens with two attached hydrogens (primary N) is 1. The minimum atomic E-state index is -0.371. The molecule has 3 N–H and O–H groups in total. The van der Waals surface area contributed by atoms with Crippen LogP contribution in [0.15, 0.2) is 46.9 Å². The van der Waals surface area contributed by atoms with E-state index in [0.29, 0.717) is 15.8 Å². The highest BCUT2D eigenvalue weighted by Crippen LogP contribution is 2.21. The van der Waals surface area contributed by atoms with E-state index < -0.39 is 0 Å². The van der Waals surface area contributed by atoms with Gasteiger partial charge < -0.3 is 4.74 Å². The number of carbonyl (C=O) groups excluding carboxylic acids is 1. The summed E-state index contributed by atoms with van der Waals surface area (Å²) in [5.41, 5.74) is 3.38. The summed E-state index contributed by atoms with van der Waals surface area (Å²) in [4.78, 5) is 11.3. The van der Waals surface area contributed by atoms with Gasteiger partial charge >= 0.3 is 0 Å². The molecule has 2 aromatic rings. The van der Waals surface area contributed by atoms with Gasteiger partial charge in [-0.25, -0.2) is 10.2 Å². The zero-order valence-electron chi connectivity index (χ0n) is 10.4. The summed E-state index contributed by atoms with van der Waals surface area (Å²) >= 11 is 3.20. The number of benzene rings is 2. The number of hydrazine groups is 1. The Balaban J connectivity index is 2.02. The number of hydrogen-bond acceptors (Lipinski definition) is 3. The Bertz CT molecular complexity index is 597. The number of ether oxygens (including phenoxy) is 1. The normalized spacial score (nSPS) is 10.2. The molecular formula is C14H12BrFN2O2. The number of halogens is 2. The molecule has 0 aromatic heterocycles. The third kappa shape index (κ3) is 3.79. The summed E-state index contributed by atoms with van der Waals surface area (Å²) in [6.45, 7) is 0.278. The lowest BCUT2D eigenvalue weighted by Crippen LogP contribution is -2.29. The van der Waals surface area contributed by atoms with Crippen LogP contribution in [0.25, 0.3) is 0 Å². The van der Waals surface area contributed by atoms with Crippen molar-refractivity contribution >= 4 is 21.8 Å². The van der Waals surface area contributed by atoms with Crippen LogP contribution in [0.2, 0.25) is 0 Å². The SMILES string of the molecule is NNC(=O)c1ccc(COc2cc(F)cc(Br)c2)cc1. The Labute approximate surface area is 123 Å². The smallest absolute Gasteiger partial charge is 0.265 e. The first-order valence-corrected chi connectivity index (χ1v) is 6.56. The molecule has 0 radical (unpaired) electrons. The highest BCUT2D eigenvalue weighted by molar-refractivity contribution is 9.10. The van der Waals surface area contributed by atoms with Crippen molar-refractivity contribution in [2.45, 2.75) is 6.61 Å². The molecule has 0 heterocycles. The van der Waals surface area contributed by atoms with E-state index in [-0.39, 0.29) is 18.3 Å². The van der Waals surface area contributed by atoms with Crippen molar-refractivity contribution in [1.82, 2.24) is 5.43 Å². The van der Waals surface area contributed by atoms with E-state index in [2.05, 4.69) is 21.4 Å². The van der Waals surface area contributed by atoms with E-state index in [9.17, 15) is 9.18 Å². The second-order valence-corrected chi connectivity index (χ2v) is 4.98. The van der Waals surface area contributed by atoms with Gasteiger partial charge in [-0.15, -0.1) is 0 Å². The molecule has 4 nitrogen and oxygen atoms in total. The molecule has 0 aliphatic heterocycles. The quantitative estimate of drug-likeness (QED) is 0.511. The molecule has 0 fully saturated rings. The molecule has 2 aromatic carbocycles. The van der Waals surface area contributed by atoms with Crippen LogP contribution in [0.3, 0.4) is 0 Å². The van der Waals surface area contributed by atoms with Gasteiger partial charge in [0.25, 0.3) is 5.91 Å². The van der Waals surface area contributed by atoms with Gasteiger partial charge in [-0.1, -0.05) is 28.1 Å². The second kappa shape index (κ2) is 6.49. The van der Waals surface area contributed by atoms with Crippen molar-refractivity contribution < 1.29 is 13.9 Å². The van der Waals surface area contributed by atoms with Gasteiger partial charge in [0.15, 0.2) is 0 Å². The predicted molar refractivity (Wildman–Crippen MR) is 76.5 cm³/mol. The van der Waals surface area contributed by atoms with Crippen molar-refractivity contribution in [2.75, 3.05) is 0 Å². The molecule has 0 saturated carbocycles. The van der Waals surface area contributed by atoms with E-state index in [0.717, 1.165) is 5.56 Å². The summed E-state index contributed by atoms with van der Waals surface area (Å²) in [6, 6.07) is 11.1. The van der Waals surface area contributed by atoms with Gasteiger partial charge in [-0.3, -0.25) is 10.2 Å².